The van der Waals surface area contributed by atoms with Crippen molar-refractivity contribution in [1.82, 2.24) is 5.32 Å². The van der Waals surface area contributed by atoms with Crippen LogP contribution in [0.3, 0.4) is 0 Å². The number of carboxylic acid groups (broad SMARTS) is 2. The van der Waals surface area contributed by atoms with Crippen molar-refractivity contribution in [2.75, 3.05) is 6.54 Å². The second-order valence-electron chi connectivity index (χ2n) is 5.08. The Morgan fingerprint density at radius 1 is 0.613 bits per heavy atom. The number of rotatable bonds is 7. The molecule has 0 bridgehead atoms. The van der Waals surface area contributed by atoms with E-state index < -0.39 is 53.8 Å². The minimum absolute atomic E-state index is 0.481. The third-order valence-corrected chi connectivity index (χ3v) is 2.92. The number of amides is 1. The van der Waals surface area contributed by atoms with Gasteiger partial charge in [-0.3, -0.25) is 0 Å². The van der Waals surface area contributed by atoms with Gasteiger partial charge in [0.2, 0.25) is 0 Å². The quantitative estimate of drug-likeness (QED) is 0.439. The first-order valence-electron chi connectivity index (χ1n) is 6.75. The molecule has 20 heteroatoms. The van der Waals surface area contributed by atoms with Crippen molar-refractivity contribution in [3.05, 3.63) is 0 Å². The van der Waals surface area contributed by atoms with E-state index in [4.69, 9.17) is 10.2 Å². The fourth-order valence-electron chi connectivity index (χ4n) is 1.25. The van der Waals surface area contributed by atoms with Crippen molar-refractivity contribution in [2.45, 2.75) is 48.6 Å². The highest BCUT2D eigenvalue weighted by atomic mass is 19.4. The molecular formula is C11H8F15NO4. The second-order valence-corrected chi connectivity index (χ2v) is 5.08. The van der Waals surface area contributed by atoms with Gasteiger partial charge in [0.25, 0.3) is 0 Å². The van der Waals surface area contributed by atoms with Gasteiger partial charge in [-0.15, -0.1) is 0 Å². The Hall–Kier alpha value is -2.31. The van der Waals surface area contributed by atoms with Crippen LogP contribution in [0.1, 0.15) is 6.92 Å². The maximum atomic E-state index is 12.8. The summed E-state index contributed by atoms with van der Waals surface area (Å²) in [5.74, 6) is -52.8. The Kier molecular flexibility index (Phi) is 8.64. The maximum absolute atomic E-state index is 12.8. The van der Waals surface area contributed by atoms with Crippen molar-refractivity contribution >= 4 is 12.1 Å². The van der Waals surface area contributed by atoms with Crippen LogP contribution in [0.5, 0.6) is 0 Å². The molecule has 0 spiro atoms. The maximum Gasteiger partial charge on any atom is 0.460 e. The average Bonchev–Trinajstić information content (AvgIpc) is 2.52. The second kappa shape index (κ2) is 8.67. The van der Waals surface area contributed by atoms with Gasteiger partial charge in [0.15, 0.2) is 0 Å². The largest absolute Gasteiger partial charge is 0.477 e. The zero-order chi connectivity index (χ0) is 26.1. The topological polar surface area (TPSA) is 86.6 Å². The highest BCUT2D eigenvalue weighted by molar-refractivity contribution is 5.77. The Labute approximate surface area is 159 Å². The molecule has 0 radical (unpaired) electrons. The highest BCUT2D eigenvalue weighted by Gasteiger charge is 2.94. The van der Waals surface area contributed by atoms with E-state index in [1.807, 2.05) is 0 Å². The first kappa shape index (κ1) is 30.9. The molecule has 0 saturated carbocycles. The molecule has 0 aromatic heterocycles. The smallest absolute Gasteiger partial charge is 0.460 e. The summed E-state index contributed by atoms with van der Waals surface area (Å²) in [5.41, 5.74) is 0. The Bertz CT molecular complexity index is 658. The van der Waals surface area contributed by atoms with E-state index in [1.54, 1.807) is 6.92 Å². The molecule has 0 fully saturated rings. The third kappa shape index (κ3) is 4.96. The summed E-state index contributed by atoms with van der Waals surface area (Å²) < 4.78 is 187. The van der Waals surface area contributed by atoms with Crippen LogP contribution < -0.4 is 5.32 Å². The number of carbonyl (C=O) groups is 2. The average molecular weight is 503 g/mol. The van der Waals surface area contributed by atoms with E-state index in [2.05, 4.69) is 5.32 Å². The van der Waals surface area contributed by atoms with Gasteiger partial charge in [0.1, 0.15) is 0 Å². The summed E-state index contributed by atoms with van der Waals surface area (Å²) in [6.45, 7) is 2.21. The lowest BCUT2D eigenvalue weighted by Gasteiger charge is -2.40. The number of hydrogen-bond acceptors (Lipinski definition) is 2. The predicted octanol–water partition coefficient (Wildman–Crippen LogP) is 4.72. The lowest BCUT2D eigenvalue weighted by atomic mass is 9.91. The van der Waals surface area contributed by atoms with Crippen LogP contribution in [-0.4, -0.2) is 70.5 Å². The number of hydrogen-bond donors (Lipinski definition) is 3. The van der Waals surface area contributed by atoms with Crippen LogP contribution in [0.2, 0.25) is 0 Å². The van der Waals surface area contributed by atoms with Crippen molar-refractivity contribution < 1.29 is 85.7 Å². The van der Waals surface area contributed by atoms with E-state index in [9.17, 15) is 75.4 Å². The molecule has 31 heavy (non-hydrogen) atoms. The zero-order valence-corrected chi connectivity index (χ0v) is 14.1. The molecule has 0 unspecified atom stereocenters. The first-order chi connectivity index (χ1) is 13.2. The minimum atomic E-state index is -8.47. The zero-order valence-electron chi connectivity index (χ0n) is 14.1. The summed E-state index contributed by atoms with van der Waals surface area (Å²) in [7, 11) is 0. The Morgan fingerprint density at radius 3 is 1.10 bits per heavy atom. The third-order valence-electron chi connectivity index (χ3n) is 2.92. The molecule has 1 amide bonds. The van der Waals surface area contributed by atoms with Gasteiger partial charge in [0, 0.05) is 6.54 Å². The number of nitrogens with one attached hydrogen (secondary N) is 1. The molecule has 0 aliphatic carbocycles. The van der Waals surface area contributed by atoms with Gasteiger partial charge in [-0.1, -0.05) is 0 Å². The molecule has 0 rings (SSSR count). The molecule has 3 N–H and O–H groups in total. The monoisotopic (exact) mass is 503 g/mol. The molecule has 0 heterocycles. The molecule has 5 nitrogen and oxygen atoms in total. The fraction of sp³-hybridized carbons (Fsp3) is 0.818. The Morgan fingerprint density at radius 2 is 0.903 bits per heavy atom. The van der Waals surface area contributed by atoms with Gasteiger partial charge < -0.3 is 15.5 Å². The SMILES string of the molecule is CCNC(=O)O.O=C(O)C(F)(F)C(F)(F)C(F)(F)C(F)(F)C(F)(F)C(F)(F)C(F)(F)F. The van der Waals surface area contributed by atoms with E-state index >= 15 is 0 Å². The van der Waals surface area contributed by atoms with E-state index in [1.165, 1.54) is 0 Å². The first-order valence-corrected chi connectivity index (χ1v) is 6.75. The summed E-state index contributed by atoms with van der Waals surface area (Å²) in [6.07, 6.45) is -8.65. The molecule has 0 aromatic rings. The van der Waals surface area contributed by atoms with Crippen LogP contribution in [0, 0.1) is 0 Å². The Balaban J connectivity index is 0. The lowest BCUT2D eigenvalue weighted by molar-refractivity contribution is -0.450. The lowest BCUT2D eigenvalue weighted by Crippen LogP contribution is -2.73. The predicted molar refractivity (Wildman–Crippen MR) is 65.1 cm³/mol. The minimum Gasteiger partial charge on any atom is -0.477 e. The summed E-state index contributed by atoms with van der Waals surface area (Å²) >= 11 is 0. The standard InChI is InChI=1S/C8HF15O2.C3H7NO2/c9-2(10,1(24)25)3(11,12)4(13,14)5(15,16)6(17,18)7(19,20)8(21,22)23;1-2-4-3(5)6/h(H,24,25);4H,2H2,1H3,(H,5,6). The van der Waals surface area contributed by atoms with Crippen LogP contribution in [0.4, 0.5) is 70.7 Å². The normalized spacial score (nSPS) is 14.5. The molecule has 0 atom stereocenters. The number of halogens is 15. The van der Waals surface area contributed by atoms with Gasteiger partial charge in [-0.25, -0.2) is 9.59 Å². The van der Waals surface area contributed by atoms with Crippen molar-refractivity contribution in [3.63, 3.8) is 0 Å². The molecule has 0 aliphatic heterocycles. The molecule has 0 aliphatic rings. The van der Waals surface area contributed by atoms with Crippen molar-refractivity contribution in [2.24, 2.45) is 0 Å². The summed E-state index contributed by atoms with van der Waals surface area (Å²) in [6, 6.07) is 0. The molecular weight excluding hydrogens is 495 g/mol. The molecule has 0 saturated heterocycles. The van der Waals surface area contributed by atoms with Crippen LogP contribution in [-0.2, 0) is 4.79 Å². The van der Waals surface area contributed by atoms with Gasteiger partial charge >= 0.3 is 53.8 Å². The van der Waals surface area contributed by atoms with E-state index in [-0.39, 0.29) is 0 Å². The highest BCUT2D eigenvalue weighted by Crippen LogP contribution is 2.62. The number of alkyl halides is 15. The number of aliphatic carboxylic acids is 1. The van der Waals surface area contributed by atoms with Crippen LogP contribution >= 0.6 is 0 Å². The van der Waals surface area contributed by atoms with Crippen LogP contribution in [0.15, 0.2) is 0 Å². The number of carboxylic acids is 1. The van der Waals surface area contributed by atoms with Crippen LogP contribution in [0.25, 0.3) is 0 Å². The van der Waals surface area contributed by atoms with E-state index in [0.29, 0.717) is 6.54 Å². The van der Waals surface area contributed by atoms with Gasteiger partial charge in [0.05, 0.1) is 0 Å². The van der Waals surface area contributed by atoms with Crippen molar-refractivity contribution in [1.29, 1.82) is 0 Å². The summed E-state index contributed by atoms with van der Waals surface area (Å²) in [4.78, 5) is 19.2. The molecule has 186 valence electrons. The van der Waals surface area contributed by atoms with Crippen molar-refractivity contribution in [3.8, 4) is 0 Å². The summed E-state index contributed by atoms with van der Waals surface area (Å²) in [5, 5.41) is 17.5. The van der Waals surface area contributed by atoms with Gasteiger partial charge in [-0.2, -0.15) is 65.9 Å². The van der Waals surface area contributed by atoms with Gasteiger partial charge in [-0.05, 0) is 6.92 Å². The van der Waals surface area contributed by atoms with E-state index in [0.717, 1.165) is 0 Å². The fourth-order valence-corrected chi connectivity index (χ4v) is 1.25. The molecule has 0 aromatic carbocycles.